The Morgan fingerprint density at radius 1 is 1.18 bits per heavy atom. The van der Waals surface area contributed by atoms with Crippen LogP contribution in [0.2, 0.25) is 10.0 Å². The minimum atomic E-state index is 0.215. The first-order valence-electron chi connectivity index (χ1n) is 5.78. The van der Waals surface area contributed by atoms with Crippen molar-refractivity contribution < 1.29 is 5.11 Å². The highest BCUT2D eigenvalue weighted by molar-refractivity contribution is 6.42. The Kier molecular flexibility index (Phi) is 2.81. The lowest BCUT2D eigenvalue weighted by Gasteiger charge is -2.22. The van der Waals surface area contributed by atoms with Gasteiger partial charge in [-0.1, -0.05) is 29.3 Å². The molecular weight excluding hydrogens is 257 g/mol. The van der Waals surface area contributed by atoms with Gasteiger partial charge in [0.2, 0.25) is 0 Å². The lowest BCUT2D eigenvalue weighted by atomic mass is 9.95. The van der Waals surface area contributed by atoms with Gasteiger partial charge >= 0.3 is 0 Å². The van der Waals surface area contributed by atoms with Crippen LogP contribution in [-0.2, 0) is 0 Å². The van der Waals surface area contributed by atoms with Crippen LogP contribution >= 0.6 is 23.2 Å². The van der Waals surface area contributed by atoms with Crippen LogP contribution in [0.25, 0.3) is 5.57 Å². The molecule has 2 unspecified atom stereocenters. The van der Waals surface area contributed by atoms with E-state index in [4.69, 9.17) is 23.2 Å². The lowest BCUT2D eigenvalue weighted by Crippen LogP contribution is -2.31. The highest BCUT2D eigenvalue weighted by Crippen LogP contribution is 2.39. The molecule has 0 amide bonds. The summed E-state index contributed by atoms with van der Waals surface area (Å²) in [4.78, 5) is 0. The number of benzene rings is 1. The quantitative estimate of drug-likeness (QED) is 0.817. The number of rotatable bonds is 1. The number of phenols is 1. The molecule has 17 heavy (non-hydrogen) atoms. The van der Waals surface area contributed by atoms with Crippen molar-refractivity contribution in [2.75, 3.05) is 0 Å². The monoisotopic (exact) mass is 269 g/mol. The minimum Gasteiger partial charge on any atom is -0.507 e. The lowest BCUT2D eigenvalue weighted by molar-refractivity contribution is 0.472. The van der Waals surface area contributed by atoms with Gasteiger partial charge in [-0.05, 0) is 30.9 Å². The van der Waals surface area contributed by atoms with Crippen LogP contribution in [0, 0.1) is 0 Å². The molecule has 0 spiro atoms. The van der Waals surface area contributed by atoms with Gasteiger partial charge in [0.1, 0.15) is 5.75 Å². The van der Waals surface area contributed by atoms with Gasteiger partial charge in [-0.15, -0.1) is 0 Å². The van der Waals surface area contributed by atoms with Gasteiger partial charge in [-0.25, -0.2) is 0 Å². The van der Waals surface area contributed by atoms with Crippen molar-refractivity contribution in [1.29, 1.82) is 0 Å². The fourth-order valence-electron chi connectivity index (χ4n) is 2.71. The van der Waals surface area contributed by atoms with Crippen molar-refractivity contribution in [3.63, 3.8) is 0 Å². The van der Waals surface area contributed by atoms with Crippen LogP contribution in [0.15, 0.2) is 18.2 Å². The zero-order chi connectivity index (χ0) is 12.0. The van der Waals surface area contributed by atoms with Gasteiger partial charge in [0.25, 0.3) is 0 Å². The molecule has 2 nitrogen and oxygen atoms in total. The Bertz CT molecular complexity index is 498. The normalized spacial score (nSPS) is 27.1. The first-order valence-corrected chi connectivity index (χ1v) is 6.54. The Balaban J connectivity index is 2.02. The molecule has 0 aliphatic carbocycles. The average molecular weight is 270 g/mol. The van der Waals surface area contributed by atoms with E-state index < -0.39 is 0 Å². The van der Waals surface area contributed by atoms with Gasteiger partial charge in [-0.3, -0.25) is 0 Å². The summed E-state index contributed by atoms with van der Waals surface area (Å²) in [6, 6.07) is 4.26. The third kappa shape index (κ3) is 2.05. The van der Waals surface area contributed by atoms with Crippen LogP contribution in [0.4, 0.5) is 0 Å². The van der Waals surface area contributed by atoms with Gasteiger partial charge in [0.15, 0.2) is 0 Å². The Hall–Kier alpha value is -0.700. The van der Waals surface area contributed by atoms with E-state index in [1.165, 1.54) is 24.5 Å². The molecule has 2 bridgehead atoms. The number of nitrogens with one attached hydrogen (secondary N) is 1. The number of fused-ring (bicyclic) bond motifs is 2. The van der Waals surface area contributed by atoms with Crippen LogP contribution in [0.5, 0.6) is 5.75 Å². The molecule has 2 aliphatic rings. The van der Waals surface area contributed by atoms with E-state index in [9.17, 15) is 5.11 Å². The molecule has 1 saturated heterocycles. The number of hydrogen-bond donors (Lipinski definition) is 2. The Morgan fingerprint density at radius 3 is 2.71 bits per heavy atom. The summed E-state index contributed by atoms with van der Waals surface area (Å²) < 4.78 is 0. The summed E-state index contributed by atoms with van der Waals surface area (Å²) in [7, 11) is 0. The summed E-state index contributed by atoms with van der Waals surface area (Å²) >= 11 is 11.9. The van der Waals surface area contributed by atoms with Crippen molar-refractivity contribution in [3.05, 3.63) is 33.8 Å². The molecule has 0 aromatic heterocycles. The Morgan fingerprint density at radius 2 is 1.94 bits per heavy atom. The third-order valence-corrected chi connectivity index (χ3v) is 4.25. The van der Waals surface area contributed by atoms with Gasteiger partial charge in [0.05, 0.1) is 10.0 Å². The van der Waals surface area contributed by atoms with E-state index >= 15 is 0 Å². The van der Waals surface area contributed by atoms with E-state index in [1.54, 1.807) is 6.07 Å². The molecular formula is C13H13Cl2NO. The smallest absolute Gasteiger partial charge is 0.124 e. The predicted octanol–water partition coefficient (Wildman–Crippen LogP) is 3.61. The maximum Gasteiger partial charge on any atom is 0.124 e. The predicted molar refractivity (Wildman–Crippen MR) is 70.7 cm³/mol. The molecule has 90 valence electrons. The van der Waals surface area contributed by atoms with Crippen LogP contribution in [-0.4, -0.2) is 17.2 Å². The maximum atomic E-state index is 9.96. The summed E-state index contributed by atoms with van der Waals surface area (Å²) in [5.74, 6) is 0.215. The van der Waals surface area contributed by atoms with Crippen molar-refractivity contribution >= 4 is 28.8 Å². The molecule has 2 aliphatic heterocycles. The molecule has 2 heterocycles. The van der Waals surface area contributed by atoms with Crippen LogP contribution < -0.4 is 5.32 Å². The van der Waals surface area contributed by atoms with E-state index in [1.807, 2.05) is 0 Å². The largest absolute Gasteiger partial charge is 0.507 e. The molecule has 3 rings (SSSR count). The fourth-order valence-corrected chi connectivity index (χ4v) is 3.03. The zero-order valence-corrected chi connectivity index (χ0v) is 10.7. The third-order valence-electron chi connectivity index (χ3n) is 3.53. The van der Waals surface area contributed by atoms with Gasteiger partial charge < -0.3 is 10.4 Å². The van der Waals surface area contributed by atoms with Crippen molar-refractivity contribution in [2.45, 2.75) is 31.3 Å². The molecule has 1 aromatic carbocycles. The minimum absolute atomic E-state index is 0.215. The maximum absolute atomic E-state index is 9.96. The van der Waals surface area contributed by atoms with Crippen LogP contribution in [0.3, 0.4) is 0 Å². The molecule has 0 radical (unpaired) electrons. The SMILES string of the molecule is Oc1cc(Cl)c(Cl)cc1C1=CC2CCC(C1)N2. The van der Waals surface area contributed by atoms with Crippen LogP contribution in [0.1, 0.15) is 24.8 Å². The second-order valence-electron chi connectivity index (χ2n) is 4.73. The average Bonchev–Trinajstić information content (AvgIpc) is 2.63. The second-order valence-corrected chi connectivity index (χ2v) is 5.54. The van der Waals surface area contributed by atoms with Crippen molar-refractivity contribution in [2.24, 2.45) is 0 Å². The zero-order valence-electron chi connectivity index (χ0n) is 9.21. The first-order chi connectivity index (χ1) is 8.13. The van der Waals surface area contributed by atoms with E-state index in [0.717, 1.165) is 12.0 Å². The first kappa shape index (κ1) is 11.4. The summed E-state index contributed by atoms with van der Waals surface area (Å²) in [6.07, 6.45) is 5.52. The molecule has 1 fully saturated rings. The summed E-state index contributed by atoms with van der Waals surface area (Å²) in [5, 5.41) is 14.4. The molecule has 2 atom stereocenters. The summed E-state index contributed by atoms with van der Waals surface area (Å²) in [6.45, 7) is 0. The number of aromatic hydroxyl groups is 1. The molecule has 1 aromatic rings. The topological polar surface area (TPSA) is 32.3 Å². The van der Waals surface area contributed by atoms with Crippen molar-refractivity contribution in [3.8, 4) is 5.75 Å². The highest BCUT2D eigenvalue weighted by Gasteiger charge is 2.29. The molecule has 0 saturated carbocycles. The van der Waals surface area contributed by atoms with E-state index in [2.05, 4.69) is 11.4 Å². The molecule has 2 N–H and O–H groups in total. The summed E-state index contributed by atoms with van der Waals surface area (Å²) in [5.41, 5.74) is 1.99. The number of hydrogen-bond acceptors (Lipinski definition) is 2. The number of halogens is 2. The fraction of sp³-hybridized carbons (Fsp3) is 0.385. The van der Waals surface area contributed by atoms with E-state index in [-0.39, 0.29) is 5.75 Å². The highest BCUT2D eigenvalue weighted by atomic mass is 35.5. The standard InChI is InChI=1S/C13H13Cl2NO/c14-11-5-10(13(17)6-12(11)15)7-3-8-1-2-9(4-7)16-8/h3,5-6,8-9,16-17H,1-2,4H2. The van der Waals surface area contributed by atoms with Gasteiger partial charge in [-0.2, -0.15) is 0 Å². The molecule has 4 heteroatoms. The Labute approximate surface area is 110 Å². The number of phenolic OH excluding ortho intramolecular Hbond substituents is 1. The van der Waals surface area contributed by atoms with E-state index in [0.29, 0.717) is 22.1 Å². The van der Waals surface area contributed by atoms with Gasteiger partial charge in [0, 0.05) is 23.7 Å². The second kappa shape index (κ2) is 4.20. The van der Waals surface area contributed by atoms with Crippen molar-refractivity contribution in [1.82, 2.24) is 5.32 Å².